The molecule has 0 aromatic heterocycles. The Hall–Kier alpha value is -1.18. The highest BCUT2D eigenvalue weighted by atomic mass is 19.3. The van der Waals surface area contributed by atoms with Gasteiger partial charge >= 0.3 is 0 Å². The van der Waals surface area contributed by atoms with Crippen LogP contribution in [0, 0.1) is 23.2 Å². The van der Waals surface area contributed by atoms with Crippen molar-refractivity contribution in [1.29, 1.82) is 5.26 Å². The van der Waals surface area contributed by atoms with Gasteiger partial charge in [-0.25, -0.2) is 8.78 Å². The molecule has 2 rings (SSSR count). The van der Waals surface area contributed by atoms with Gasteiger partial charge in [0, 0.05) is 37.8 Å². The first-order valence-electron chi connectivity index (χ1n) is 6.08. The summed E-state index contributed by atoms with van der Waals surface area (Å²) < 4.78 is 26.0. The van der Waals surface area contributed by atoms with Gasteiger partial charge in [-0.3, -0.25) is 4.79 Å². The standard InChI is InChI=1S/C12H16F2N2O/c13-12(14)4-1-10(7-12)11(17)16-5-2-9(8-15)3-6-16/h9-10H,1-7H2. The van der Waals surface area contributed by atoms with E-state index in [4.69, 9.17) is 5.26 Å². The maximum absolute atomic E-state index is 13.0. The number of nitriles is 1. The van der Waals surface area contributed by atoms with Gasteiger partial charge in [-0.2, -0.15) is 5.26 Å². The van der Waals surface area contributed by atoms with Crippen LogP contribution >= 0.6 is 0 Å². The molecule has 1 saturated carbocycles. The van der Waals surface area contributed by atoms with Crippen molar-refractivity contribution >= 4 is 5.91 Å². The second-order valence-corrected chi connectivity index (χ2v) is 5.02. The van der Waals surface area contributed by atoms with Crippen LogP contribution in [-0.2, 0) is 4.79 Å². The van der Waals surface area contributed by atoms with Crippen molar-refractivity contribution in [2.24, 2.45) is 11.8 Å². The molecule has 1 amide bonds. The number of hydrogen-bond donors (Lipinski definition) is 0. The van der Waals surface area contributed by atoms with Crippen LogP contribution in [0.25, 0.3) is 0 Å². The Morgan fingerprint density at radius 1 is 1.29 bits per heavy atom. The molecule has 94 valence electrons. The van der Waals surface area contributed by atoms with Gasteiger partial charge in [-0.15, -0.1) is 0 Å². The Morgan fingerprint density at radius 2 is 1.94 bits per heavy atom. The van der Waals surface area contributed by atoms with E-state index in [1.807, 2.05) is 0 Å². The van der Waals surface area contributed by atoms with Crippen LogP contribution in [0.3, 0.4) is 0 Å². The van der Waals surface area contributed by atoms with Crippen LogP contribution in [0.5, 0.6) is 0 Å². The lowest BCUT2D eigenvalue weighted by Crippen LogP contribution is -2.41. The fraction of sp³-hybridized carbons (Fsp3) is 0.833. The first-order valence-corrected chi connectivity index (χ1v) is 6.08. The molecular formula is C12H16F2N2O. The van der Waals surface area contributed by atoms with Gasteiger partial charge in [-0.05, 0) is 19.3 Å². The Morgan fingerprint density at radius 3 is 2.41 bits per heavy atom. The predicted octanol–water partition coefficient (Wildman–Crippen LogP) is 2.18. The third-order valence-electron chi connectivity index (χ3n) is 3.74. The minimum absolute atomic E-state index is 0.0177. The van der Waals surface area contributed by atoms with E-state index in [9.17, 15) is 13.6 Å². The lowest BCUT2D eigenvalue weighted by atomic mass is 9.96. The van der Waals surface area contributed by atoms with E-state index in [-0.39, 0.29) is 24.7 Å². The van der Waals surface area contributed by atoms with Crippen molar-refractivity contribution < 1.29 is 13.6 Å². The van der Waals surface area contributed by atoms with E-state index in [2.05, 4.69) is 6.07 Å². The average molecular weight is 242 g/mol. The fourth-order valence-electron chi connectivity index (χ4n) is 2.65. The number of amides is 1. The zero-order chi connectivity index (χ0) is 12.5. The first kappa shape index (κ1) is 12.3. The molecule has 1 atom stereocenters. The maximum Gasteiger partial charge on any atom is 0.248 e. The summed E-state index contributed by atoms with van der Waals surface area (Å²) >= 11 is 0. The number of halogens is 2. The minimum atomic E-state index is -2.66. The molecule has 17 heavy (non-hydrogen) atoms. The van der Waals surface area contributed by atoms with E-state index in [1.165, 1.54) is 0 Å². The number of carbonyl (C=O) groups is 1. The number of nitrogens with zero attached hydrogens (tertiary/aromatic N) is 2. The summed E-state index contributed by atoms with van der Waals surface area (Å²) in [6, 6.07) is 2.19. The molecule has 1 unspecified atom stereocenters. The quantitative estimate of drug-likeness (QED) is 0.707. The van der Waals surface area contributed by atoms with Crippen LogP contribution in [0.15, 0.2) is 0 Å². The second kappa shape index (κ2) is 4.59. The molecule has 1 saturated heterocycles. The fourth-order valence-corrected chi connectivity index (χ4v) is 2.65. The molecule has 0 radical (unpaired) electrons. The van der Waals surface area contributed by atoms with Crippen LogP contribution in [0.2, 0.25) is 0 Å². The predicted molar refractivity (Wildman–Crippen MR) is 57.2 cm³/mol. The number of carbonyl (C=O) groups excluding carboxylic acids is 1. The summed E-state index contributed by atoms with van der Waals surface area (Å²) in [5, 5.41) is 8.74. The van der Waals surface area contributed by atoms with Crippen molar-refractivity contribution in [3.05, 3.63) is 0 Å². The number of hydrogen-bond acceptors (Lipinski definition) is 2. The third kappa shape index (κ3) is 2.74. The molecule has 0 bridgehead atoms. The molecule has 0 aromatic carbocycles. The van der Waals surface area contributed by atoms with E-state index in [0.717, 1.165) is 0 Å². The Labute approximate surface area is 99.4 Å². The number of piperidine rings is 1. The normalized spacial score (nSPS) is 29.0. The van der Waals surface area contributed by atoms with Crippen LogP contribution < -0.4 is 0 Å². The minimum Gasteiger partial charge on any atom is -0.342 e. The Balaban J connectivity index is 1.88. The summed E-state index contributed by atoms with van der Waals surface area (Å²) in [6.07, 6.45) is 1.17. The summed E-state index contributed by atoms with van der Waals surface area (Å²) in [6.45, 7) is 1.08. The Bertz CT molecular complexity index is 343. The highest BCUT2D eigenvalue weighted by Gasteiger charge is 2.43. The lowest BCUT2D eigenvalue weighted by Gasteiger charge is -2.31. The van der Waals surface area contributed by atoms with Gasteiger partial charge in [0.2, 0.25) is 11.8 Å². The molecule has 1 aliphatic heterocycles. The molecule has 0 aromatic rings. The number of rotatable bonds is 1. The molecule has 0 spiro atoms. The van der Waals surface area contributed by atoms with Crippen LogP contribution in [0.4, 0.5) is 8.78 Å². The Kier molecular flexibility index (Phi) is 3.32. The molecule has 3 nitrogen and oxygen atoms in total. The van der Waals surface area contributed by atoms with Crippen molar-refractivity contribution in [3.63, 3.8) is 0 Å². The molecule has 2 aliphatic rings. The third-order valence-corrected chi connectivity index (χ3v) is 3.74. The second-order valence-electron chi connectivity index (χ2n) is 5.02. The maximum atomic E-state index is 13.0. The summed E-state index contributed by atoms with van der Waals surface area (Å²) in [5.41, 5.74) is 0. The van der Waals surface area contributed by atoms with Gasteiger partial charge in [-0.1, -0.05) is 0 Å². The zero-order valence-electron chi connectivity index (χ0n) is 9.66. The largest absolute Gasteiger partial charge is 0.342 e. The molecule has 5 heteroatoms. The van der Waals surface area contributed by atoms with Crippen molar-refractivity contribution in [1.82, 2.24) is 4.90 Å². The lowest BCUT2D eigenvalue weighted by molar-refractivity contribution is -0.137. The van der Waals surface area contributed by atoms with E-state index in [1.54, 1.807) is 4.90 Å². The van der Waals surface area contributed by atoms with Crippen molar-refractivity contribution in [3.8, 4) is 6.07 Å². The number of alkyl halides is 2. The van der Waals surface area contributed by atoms with Crippen LogP contribution in [-0.4, -0.2) is 29.8 Å². The number of likely N-dealkylation sites (tertiary alicyclic amines) is 1. The molecule has 2 fully saturated rings. The summed E-state index contributed by atoms with van der Waals surface area (Å²) in [5.74, 6) is -3.29. The van der Waals surface area contributed by atoms with Gasteiger partial charge in [0.15, 0.2) is 0 Å². The van der Waals surface area contributed by atoms with Gasteiger partial charge in [0.1, 0.15) is 0 Å². The molecular weight excluding hydrogens is 226 g/mol. The van der Waals surface area contributed by atoms with Crippen molar-refractivity contribution in [2.45, 2.75) is 38.0 Å². The van der Waals surface area contributed by atoms with E-state index in [0.29, 0.717) is 32.4 Å². The van der Waals surface area contributed by atoms with E-state index < -0.39 is 11.8 Å². The highest BCUT2D eigenvalue weighted by Crippen LogP contribution is 2.39. The topological polar surface area (TPSA) is 44.1 Å². The van der Waals surface area contributed by atoms with E-state index >= 15 is 0 Å². The average Bonchev–Trinajstić information content (AvgIpc) is 2.69. The van der Waals surface area contributed by atoms with Gasteiger partial charge < -0.3 is 4.90 Å². The van der Waals surface area contributed by atoms with Gasteiger partial charge in [0.05, 0.1) is 6.07 Å². The molecule has 1 heterocycles. The van der Waals surface area contributed by atoms with Gasteiger partial charge in [0.25, 0.3) is 0 Å². The molecule has 0 N–H and O–H groups in total. The molecule has 1 aliphatic carbocycles. The smallest absolute Gasteiger partial charge is 0.248 e. The van der Waals surface area contributed by atoms with Crippen molar-refractivity contribution in [2.75, 3.05) is 13.1 Å². The monoisotopic (exact) mass is 242 g/mol. The van der Waals surface area contributed by atoms with Crippen LogP contribution in [0.1, 0.15) is 32.1 Å². The highest BCUT2D eigenvalue weighted by molar-refractivity contribution is 5.79. The SMILES string of the molecule is N#CC1CCN(C(=O)C2CCC(F)(F)C2)CC1. The summed E-state index contributed by atoms with van der Waals surface area (Å²) in [4.78, 5) is 13.6. The zero-order valence-corrected chi connectivity index (χ0v) is 9.66. The summed E-state index contributed by atoms with van der Waals surface area (Å²) in [7, 11) is 0. The first-order chi connectivity index (χ1) is 8.02.